The Morgan fingerprint density at radius 2 is 1.86 bits per heavy atom. The van der Waals surface area contributed by atoms with E-state index in [4.69, 9.17) is 4.42 Å². The van der Waals surface area contributed by atoms with Crippen LogP contribution in [-0.2, 0) is 12.7 Å². The van der Waals surface area contributed by atoms with Crippen molar-refractivity contribution in [2.75, 3.05) is 0 Å². The van der Waals surface area contributed by atoms with Crippen molar-refractivity contribution in [3.8, 4) is 0 Å². The van der Waals surface area contributed by atoms with E-state index in [1.54, 1.807) is 12.3 Å². The van der Waals surface area contributed by atoms with Crippen LogP contribution in [0.1, 0.15) is 36.3 Å². The van der Waals surface area contributed by atoms with Crippen molar-refractivity contribution in [2.24, 2.45) is 0 Å². The van der Waals surface area contributed by atoms with Crippen molar-refractivity contribution in [3.05, 3.63) is 59.5 Å². The minimum absolute atomic E-state index is 0.276. The van der Waals surface area contributed by atoms with Gasteiger partial charge in [-0.15, -0.1) is 0 Å². The van der Waals surface area contributed by atoms with Crippen LogP contribution >= 0.6 is 0 Å². The maximum atomic E-state index is 12.5. The minimum Gasteiger partial charge on any atom is -0.468 e. The summed E-state index contributed by atoms with van der Waals surface area (Å²) in [6.07, 6.45) is -3.07. The highest BCUT2D eigenvalue weighted by atomic mass is 19.4. The standard InChI is InChI=1S/C16H18F3NO2/c1-2-14(20-10-13-4-3-9-22-13)15(21)11-5-7-12(8-6-11)16(17,18)19/h3-9,14-15,20-21H,2,10H2,1H3. The third kappa shape index (κ3) is 4.11. The minimum atomic E-state index is -4.37. The maximum absolute atomic E-state index is 12.5. The summed E-state index contributed by atoms with van der Waals surface area (Å²) in [4.78, 5) is 0. The predicted molar refractivity (Wildman–Crippen MR) is 76.0 cm³/mol. The summed E-state index contributed by atoms with van der Waals surface area (Å²) >= 11 is 0. The van der Waals surface area contributed by atoms with Gasteiger partial charge in [0.1, 0.15) is 5.76 Å². The van der Waals surface area contributed by atoms with Gasteiger partial charge in [0.2, 0.25) is 0 Å². The number of halogens is 3. The number of alkyl halides is 3. The van der Waals surface area contributed by atoms with Crippen LogP contribution in [0.5, 0.6) is 0 Å². The van der Waals surface area contributed by atoms with Gasteiger partial charge in [0.15, 0.2) is 0 Å². The number of rotatable bonds is 6. The number of hydrogen-bond donors (Lipinski definition) is 2. The van der Waals surface area contributed by atoms with Gasteiger partial charge in [0, 0.05) is 6.04 Å². The van der Waals surface area contributed by atoms with Crippen LogP contribution < -0.4 is 5.32 Å². The summed E-state index contributed by atoms with van der Waals surface area (Å²) in [6.45, 7) is 2.34. The van der Waals surface area contributed by atoms with Crippen LogP contribution in [0.25, 0.3) is 0 Å². The van der Waals surface area contributed by atoms with E-state index < -0.39 is 17.8 Å². The van der Waals surface area contributed by atoms with Gasteiger partial charge < -0.3 is 14.8 Å². The first-order valence-electron chi connectivity index (χ1n) is 7.02. The van der Waals surface area contributed by atoms with Crippen molar-refractivity contribution >= 4 is 0 Å². The predicted octanol–water partition coefficient (Wildman–Crippen LogP) is 3.90. The highest BCUT2D eigenvalue weighted by Crippen LogP contribution is 2.30. The van der Waals surface area contributed by atoms with E-state index in [0.717, 1.165) is 17.9 Å². The SMILES string of the molecule is CCC(NCc1ccco1)C(O)c1ccc(C(F)(F)F)cc1. The topological polar surface area (TPSA) is 45.4 Å². The zero-order chi connectivity index (χ0) is 16.2. The second-order valence-electron chi connectivity index (χ2n) is 5.04. The molecule has 0 spiro atoms. The van der Waals surface area contributed by atoms with E-state index in [9.17, 15) is 18.3 Å². The van der Waals surface area contributed by atoms with Crippen molar-refractivity contribution in [3.63, 3.8) is 0 Å². The van der Waals surface area contributed by atoms with Crippen molar-refractivity contribution < 1.29 is 22.7 Å². The average molecular weight is 313 g/mol. The fourth-order valence-electron chi connectivity index (χ4n) is 2.23. The molecule has 6 heteroatoms. The van der Waals surface area contributed by atoms with E-state index in [1.165, 1.54) is 12.1 Å². The summed E-state index contributed by atoms with van der Waals surface area (Å²) in [5.41, 5.74) is -0.271. The maximum Gasteiger partial charge on any atom is 0.416 e. The Hall–Kier alpha value is -1.79. The molecule has 0 amide bonds. The molecule has 0 aliphatic heterocycles. The van der Waals surface area contributed by atoms with Crippen LogP contribution in [0, 0.1) is 0 Å². The second-order valence-corrected chi connectivity index (χ2v) is 5.04. The first kappa shape index (κ1) is 16.6. The molecule has 2 unspecified atom stereocenters. The number of nitrogens with one attached hydrogen (secondary N) is 1. The molecule has 0 radical (unpaired) electrons. The molecule has 1 heterocycles. The van der Waals surface area contributed by atoms with Crippen LogP contribution in [0.3, 0.4) is 0 Å². The smallest absolute Gasteiger partial charge is 0.416 e. The van der Waals surface area contributed by atoms with E-state index in [0.29, 0.717) is 18.5 Å². The van der Waals surface area contributed by atoms with Gasteiger partial charge in [-0.05, 0) is 36.2 Å². The second kappa shape index (κ2) is 6.98. The molecule has 1 aromatic carbocycles. The Morgan fingerprint density at radius 3 is 2.36 bits per heavy atom. The zero-order valence-corrected chi connectivity index (χ0v) is 12.1. The first-order valence-corrected chi connectivity index (χ1v) is 7.02. The largest absolute Gasteiger partial charge is 0.468 e. The summed E-state index contributed by atoms with van der Waals surface area (Å²) in [6, 6.07) is 7.89. The van der Waals surface area contributed by atoms with E-state index >= 15 is 0 Å². The van der Waals surface area contributed by atoms with Crippen molar-refractivity contribution in [1.29, 1.82) is 0 Å². The summed E-state index contributed by atoms with van der Waals surface area (Å²) in [7, 11) is 0. The molecule has 22 heavy (non-hydrogen) atoms. The Morgan fingerprint density at radius 1 is 1.18 bits per heavy atom. The van der Waals surface area contributed by atoms with Gasteiger partial charge >= 0.3 is 6.18 Å². The van der Waals surface area contributed by atoms with E-state index in [2.05, 4.69) is 5.32 Å². The summed E-state index contributed by atoms with van der Waals surface area (Å²) < 4.78 is 42.8. The number of furan rings is 1. The fourth-order valence-corrected chi connectivity index (χ4v) is 2.23. The number of aliphatic hydroxyl groups is 1. The Kier molecular flexibility index (Phi) is 5.26. The van der Waals surface area contributed by atoms with Gasteiger partial charge in [-0.3, -0.25) is 0 Å². The van der Waals surface area contributed by atoms with Crippen molar-refractivity contribution in [1.82, 2.24) is 5.32 Å². The Balaban J connectivity index is 2.02. The molecule has 0 aliphatic rings. The molecule has 0 saturated carbocycles. The molecule has 2 rings (SSSR count). The van der Waals surface area contributed by atoms with E-state index in [1.807, 2.05) is 13.0 Å². The molecule has 0 aliphatic carbocycles. The van der Waals surface area contributed by atoms with Gasteiger partial charge in [-0.1, -0.05) is 19.1 Å². The Bertz CT molecular complexity index is 564. The molecular formula is C16H18F3NO2. The molecule has 3 nitrogen and oxygen atoms in total. The highest BCUT2D eigenvalue weighted by Gasteiger charge is 2.30. The van der Waals surface area contributed by atoms with Crippen LogP contribution in [0.15, 0.2) is 47.1 Å². The lowest BCUT2D eigenvalue weighted by Crippen LogP contribution is -2.33. The number of benzene rings is 1. The highest BCUT2D eigenvalue weighted by molar-refractivity contribution is 5.26. The molecule has 1 aromatic heterocycles. The molecular weight excluding hydrogens is 295 g/mol. The van der Waals surface area contributed by atoms with Crippen LogP contribution in [0.4, 0.5) is 13.2 Å². The van der Waals surface area contributed by atoms with E-state index in [-0.39, 0.29) is 6.04 Å². The molecule has 120 valence electrons. The van der Waals surface area contributed by atoms with Gasteiger partial charge in [0.25, 0.3) is 0 Å². The third-order valence-corrected chi connectivity index (χ3v) is 3.52. The third-order valence-electron chi connectivity index (χ3n) is 3.52. The normalized spacial score (nSPS) is 14.8. The molecule has 2 atom stereocenters. The average Bonchev–Trinajstić information content (AvgIpc) is 3.00. The zero-order valence-electron chi connectivity index (χ0n) is 12.1. The summed E-state index contributed by atoms with van der Waals surface area (Å²) in [5, 5.41) is 13.5. The first-order chi connectivity index (χ1) is 10.4. The molecule has 2 aromatic rings. The quantitative estimate of drug-likeness (QED) is 0.850. The summed E-state index contributed by atoms with van der Waals surface area (Å²) in [5.74, 6) is 0.734. The lowest BCUT2D eigenvalue weighted by molar-refractivity contribution is -0.137. The molecule has 0 bridgehead atoms. The number of aliphatic hydroxyl groups excluding tert-OH is 1. The molecule has 2 N–H and O–H groups in total. The van der Waals surface area contributed by atoms with Gasteiger partial charge in [0.05, 0.1) is 24.5 Å². The van der Waals surface area contributed by atoms with Crippen LogP contribution in [0.2, 0.25) is 0 Å². The lowest BCUT2D eigenvalue weighted by Gasteiger charge is -2.23. The monoisotopic (exact) mass is 313 g/mol. The molecule has 0 fully saturated rings. The van der Waals surface area contributed by atoms with Gasteiger partial charge in [-0.25, -0.2) is 0 Å². The Labute approximate surface area is 126 Å². The fraction of sp³-hybridized carbons (Fsp3) is 0.375. The number of hydrogen-bond acceptors (Lipinski definition) is 3. The van der Waals surface area contributed by atoms with Gasteiger partial charge in [-0.2, -0.15) is 13.2 Å². The van der Waals surface area contributed by atoms with Crippen LogP contribution in [-0.4, -0.2) is 11.1 Å². The lowest BCUT2D eigenvalue weighted by atomic mass is 9.99. The molecule has 0 saturated heterocycles. The van der Waals surface area contributed by atoms with Crippen molar-refractivity contribution in [2.45, 2.75) is 38.2 Å².